The molecule has 3 rings (SSSR count). The maximum absolute atomic E-state index is 13.5. The average molecular weight is 373 g/mol. The van der Waals surface area contributed by atoms with Gasteiger partial charge in [-0.15, -0.1) is 10.2 Å². The van der Waals surface area contributed by atoms with E-state index in [1.165, 1.54) is 0 Å². The van der Waals surface area contributed by atoms with Crippen LogP contribution in [0.3, 0.4) is 0 Å². The number of amides is 1. The molecule has 1 N–H and O–H groups in total. The molecule has 1 amide bonds. The number of hydrogen-bond acceptors (Lipinski definition) is 6. The molecule has 2 aromatic carbocycles. The van der Waals surface area contributed by atoms with E-state index in [1.54, 1.807) is 24.3 Å². The van der Waals surface area contributed by atoms with Gasteiger partial charge < -0.3 is 10.1 Å². The largest absolute Gasteiger partial charge is 0.454 e. The molecule has 0 saturated carbocycles. The van der Waals surface area contributed by atoms with Gasteiger partial charge in [0.15, 0.2) is 13.2 Å². The number of rotatable bonds is 6. The fourth-order valence-corrected chi connectivity index (χ4v) is 2.11. The summed E-state index contributed by atoms with van der Waals surface area (Å²) >= 11 is 0. The molecule has 27 heavy (non-hydrogen) atoms. The Labute approximate surface area is 151 Å². The molecule has 138 valence electrons. The number of ether oxygens (including phenoxy) is 1. The van der Waals surface area contributed by atoms with Crippen LogP contribution in [0.15, 0.2) is 48.5 Å². The lowest BCUT2D eigenvalue weighted by Gasteiger charge is -2.08. The van der Waals surface area contributed by atoms with E-state index in [2.05, 4.69) is 15.4 Å². The Hall–Kier alpha value is -3.69. The molecule has 0 saturated heterocycles. The van der Waals surface area contributed by atoms with Gasteiger partial charge in [0.1, 0.15) is 17.3 Å². The number of nitrogens with one attached hydrogen (secondary N) is 1. The lowest BCUT2D eigenvalue weighted by Crippen LogP contribution is -2.24. The Bertz CT molecular complexity index is 942. The molecule has 1 heterocycles. The van der Waals surface area contributed by atoms with Gasteiger partial charge >= 0.3 is 5.97 Å². The number of hydrogen-bond donors (Lipinski definition) is 1. The molecule has 0 bridgehead atoms. The molecule has 10 heteroatoms. The van der Waals surface area contributed by atoms with Crippen molar-refractivity contribution in [3.63, 3.8) is 0 Å². The van der Waals surface area contributed by atoms with Crippen LogP contribution in [-0.2, 0) is 20.9 Å². The van der Waals surface area contributed by atoms with Crippen LogP contribution >= 0.6 is 0 Å². The zero-order valence-corrected chi connectivity index (χ0v) is 13.8. The number of benzene rings is 2. The van der Waals surface area contributed by atoms with Crippen LogP contribution in [0.1, 0.15) is 0 Å². The minimum Gasteiger partial charge on any atom is -0.454 e. The van der Waals surface area contributed by atoms with Crippen molar-refractivity contribution in [1.29, 1.82) is 0 Å². The summed E-state index contributed by atoms with van der Waals surface area (Å²) in [7, 11) is 0. The lowest BCUT2D eigenvalue weighted by atomic mass is 10.2. The summed E-state index contributed by atoms with van der Waals surface area (Å²) in [6, 6.07) is 12.2. The summed E-state index contributed by atoms with van der Waals surface area (Å²) in [5, 5.41) is 13.6. The molecule has 0 fully saturated rings. The maximum Gasteiger partial charge on any atom is 0.330 e. The first-order valence-electron chi connectivity index (χ1n) is 7.75. The zero-order chi connectivity index (χ0) is 19.2. The summed E-state index contributed by atoms with van der Waals surface area (Å²) in [6.07, 6.45) is 0. The van der Waals surface area contributed by atoms with Crippen LogP contribution in [0.2, 0.25) is 0 Å². The number of carbonyl (C=O) groups is 2. The lowest BCUT2D eigenvalue weighted by molar-refractivity contribution is -0.148. The fraction of sp³-hybridized carbons (Fsp3) is 0.118. The number of tetrazole rings is 1. The third kappa shape index (κ3) is 4.69. The van der Waals surface area contributed by atoms with Crippen molar-refractivity contribution in [3.8, 4) is 11.4 Å². The topological polar surface area (TPSA) is 99.0 Å². The van der Waals surface area contributed by atoms with Gasteiger partial charge in [0, 0.05) is 5.56 Å². The molecular weight excluding hydrogens is 360 g/mol. The Morgan fingerprint density at radius 1 is 1.04 bits per heavy atom. The second-order valence-corrected chi connectivity index (χ2v) is 5.31. The monoisotopic (exact) mass is 373 g/mol. The molecular formula is C17H13F2N5O3. The average Bonchev–Trinajstić information content (AvgIpc) is 3.12. The van der Waals surface area contributed by atoms with Gasteiger partial charge in [-0.1, -0.05) is 36.4 Å². The summed E-state index contributed by atoms with van der Waals surface area (Å²) in [5.74, 6) is -3.24. The summed E-state index contributed by atoms with van der Waals surface area (Å²) in [6.45, 7) is -1.09. The summed E-state index contributed by atoms with van der Waals surface area (Å²) in [4.78, 5) is 24.5. The smallest absolute Gasteiger partial charge is 0.330 e. The molecule has 0 aliphatic rings. The Kier molecular flexibility index (Phi) is 5.45. The molecule has 0 aliphatic heterocycles. The number of halogens is 2. The number of nitrogens with zero attached hydrogens (tertiary/aromatic N) is 4. The van der Waals surface area contributed by atoms with E-state index in [1.807, 2.05) is 11.4 Å². The number of carbonyl (C=O) groups excluding carboxylic acids is 2. The van der Waals surface area contributed by atoms with Crippen molar-refractivity contribution < 1.29 is 23.1 Å². The van der Waals surface area contributed by atoms with Gasteiger partial charge in [-0.05, 0) is 17.3 Å². The standard InChI is InChI=1S/C17H13F2N5O3/c18-12-7-4-8-13(19)16(12)20-14(25)10-27-15(26)9-24-22-17(21-23-24)11-5-2-1-3-6-11/h1-8H,9-10H2,(H,20,25). The van der Waals surface area contributed by atoms with Gasteiger partial charge in [-0.3, -0.25) is 4.79 Å². The van der Waals surface area contributed by atoms with Crippen molar-refractivity contribution in [2.45, 2.75) is 6.54 Å². The van der Waals surface area contributed by atoms with E-state index in [0.29, 0.717) is 5.82 Å². The fourth-order valence-electron chi connectivity index (χ4n) is 2.11. The van der Waals surface area contributed by atoms with E-state index in [4.69, 9.17) is 4.74 Å². The Morgan fingerprint density at radius 3 is 2.44 bits per heavy atom. The third-order valence-corrected chi connectivity index (χ3v) is 3.35. The Balaban J connectivity index is 1.51. The highest BCUT2D eigenvalue weighted by Crippen LogP contribution is 2.17. The molecule has 8 nitrogen and oxygen atoms in total. The molecule has 3 aromatic rings. The van der Waals surface area contributed by atoms with Crippen LogP contribution < -0.4 is 5.32 Å². The maximum atomic E-state index is 13.5. The second kappa shape index (κ2) is 8.13. The van der Waals surface area contributed by atoms with Crippen LogP contribution in [-0.4, -0.2) is 38.7 Å². The number of esters is 1. The molecule has 1 aromatic heterocycles. The quantitative estimate of drug-likeness (QED) is 0.662. The highest BCUT2D eigenvalue weighted by Gasteiger charge is 2.15. The van der Waals surface area contributed by atoms with E-state index in [-0.39, 0.29) is 6.54 Å². The highest BCUT2D eigenvalue weighted by molar-refractivity contribution is 5.93. The normalized spacial score (nSPS) is 10.4. The number of aromatic nitrogens is 4. The van der Waals surface area contributed by atoms with Crippen molar-refractivity contribution in [1.82, 2.24) is 20.2 Å². The highest BCUT2D eigenvalue weighted by atomic mass is 19.1. The third-order valence-electron chi connectivity index (χ3n) is 3.35. The van der Waals surface area contributed by atoms with Crippen LogP contribution in [0.5, 0.6) is 0 Å². The summed E-state index contributed by atoms with van der Waals surface area (Å²) < 4.78 is 31.7. The zero-order valence-electron chi connectivity index (χ0n) is 13.8. The first-order chi connectivity index (χ1) is 13.0. The minimum atomic E-state index is -0.935. The van der Waals surface area contributed by atoms with E-state index in [0.717, 1.165) is 28.6 Å². The van der Waals surface area contributed by atoms with Crippen LogP contribution in [0, 0.1) is 11.6 Å². The predicted octanol–water partition coefficient (Wildman–Crippen LogP) is 1.80. The number of anilines is 1. The second-order valence-electron chi connectivity index (χ2n) is 5.31. The molecule has 0 atom stereocenters. The van der Waals surface area contributed by atoms with Gasteiger partial charge in [0.25, 0.3) is 5.91 Å². The first kappa shape index (κ1) is 18.1. The van der Waals surface area contributed by atoms with Crippen molar-refractivity contribution in [3.05, 3.63) is 60.2 Å². The van der Waals surface area contributed by atoms with Gasteiger partial charge in [0.2, 0.25) is 5.82 Å². The van der Waals surface area contributed by atoms with E-state index in [9.17, 15) is 18.4 Å². The van der Waals surface area contributed by atoms with Crippen molar-refractivity contribution in [2.75, 3.05) is 11.9 Å². The molecule has 0 spiro atoms. The van der Waals surface area contributed by atoms with E-state index >= 15 is 0 Å². The van der Waals surface area contributed by atoms with Crippen LogP contribution in [0.4, 0.5) is 14.5 Å². The van der Waals surface area contributed by atoms with E-state index < -0.39 is 35.8 Å². The Morgan fingerprint density at radius 2 is 1.74 bits per heavy atom. The van der Waals surface area contributed by atoms with Crippen molar-refractivity contribution in [2.24, 2.45) is 0 Å². The number of para-hydroxylation sites is 1. The first-order valence-corrected chi connectivity index (χ1v) is 7.75. The minimum absolute atomic E-state index is 0.330. The SMILES string of the molecule is O=C(COC(=O)Cn1nnc(-c2ccccc2)n1)Nc1c(F)cccc1F. The van der Waals surface area contributed by atoms with Crippen molar-refractivity contribution >= 4 is 17.6 Å². The van der Waals surface area contributed by atoms with Gasteiger partial charge in [0.05, 0.1) is 0 Å². The molecule has 0 aliphatic carbocycles. The molecule has 0 unspecified atom stereocenters. The van der Waals surface area contributed by atoms with Gasteiger partial charge in [-0.25, -0.2) is 13.6 Å². The summed E-state index contributed by atoms with van der Waals surface area (Å²) in [5.41, 5.74) is 0.118. The molecule has 0 radical (unpaired) electrons. The van der Waals surface area contributed by atoms with Crippen LogP contribution in [0.25, 0.3) is 11.4 Å². The van der Waals surface area contributed by atoms with Gasteiger partial charge in [-0.2, -0.15) is 4.80 Å². The predicted molar refractivity (Wildman–Crippen MR) is 89.2 cm³/mol.